The molecule has 260 valence electrons. The molecule has 0 aliphatic carbocycles. The zero-order chi connectivity index (χ0) is 36.3. The number of hydrogen-bond acceptors (Lipinski definition) is 7. The van der Waals surface area contributed by atoms with Gasteiger partial charge in [-0.2, -0.15) is 0 Å². The van der Waals surface area contributed by atoms with E-state index in [9.17, 15) is 14.4 Å². The highest BCUT2D eigenvalue weighted by atomic mass is 35.5. The van der Waals surface area contributed by atoms with E-state index in [0.29, 0.717) is 50.0 Å². The summed E-state index contributed by atoms with van der Waals surface area (Å²) in [6.07, 6.45) is 1.61. The first-order valence-corrected chi connectivity index (χ1v) is 18.5. The van der Waals surface area contributed by atoms with Crippen molar-refractivity contribution < 1.29 is 19.1 Å². The van der Waals surface area contributed by atoms with Gasteiger partial charge in [0.2, 0.25) is 5.91 Å². The molecule has 6 aromatic rings. The van der Waals surface area contributed by atoms with Crippen molar-refractivity contribution in [2.75, 3.05) is 16.4 Å². The minimum absolute atomic E-state index is 0.0607. The highest BCUT2D eigenvalue weighted by molar-refractivity contribution is 8.00. The lowest BCUT2D eigenvalue weighted by Gasteiger charge is -2.12. The van der Waals surface area contributed by atoms with Crippen LogP contribution in [0.4, 0.5) is 10.8 Å². The van der Waals surface area contributed by atoms with E-state index in [1.54, 1.807) is 72.8 Å². The molecule has 3 amide bonds. The van der Waals surface area contributed by atoms with Crippen molar-refractivity contribution in [3.63, 3.8) is 0 Å². The summed E-state index contributed by atoms with van der Waals surface area (Å²) in [6, 6.07) is 38.0. The number of thiazole rings is 1. The lowest BCUT2D eigenvalue weighted by Crippen LogP contribution is -2.30. The van der Waals surface area contributed by atoms with Gasteiger partial charge in [0.05, 0.1) is 16.5 Å². The van der Waals surface area contributed by atoms with E-state index in [1.807, 2.05) is 66.0 Å². The molecule has 0 atom stereocenters. The number of nitrogens with one attached hydrogen (secondary N) is 3. The van der Waals surface area contributed by atoms with E-state index in [0.717, 1.165) is 16.0 Å². The van der Waals surface area contributed by atoms with Gasteiger partial charge in [0.15, 0.2) is 5.13 Å². The van der Waals surface area contributed by atoms with Gasteiger partial charge >= 0.3 is 0 Å². The van der Waals surface area contributed by atoms with Gasteiger partial charge in [-0.05, 0) is 83.9 Å². The number of thioether (sulfide) groups is 1. The van der Waals surface area contributed by atoms with Crippen molar-refractivity contribution in [1.29, 1.82) is 0 Å². The predicted molar refractivity (Wildman–Crippen MR) is 211 cm³/mol. The van der Waals surface area contributed by atoms with Gasteiger partial charge in [-0.1, -0.05) is 83.9 Å². The third-order valence-electron chi connectivity index (χ3n) is 7.41. The highest BCUT2D eigenvalue weighted by Crippen LogP contribution is 2.32. The number of hydrogen-bond donors (Lipinski definition) is 3. The minimum atomic E-state index is -0.504. The van der Waals surface area contributed by atoms with Gasteiger partial charge in [-0.3, -0.25) is 14.4 Å². The molecule has 0 aliphatic heterocycles. The van der Waals surface area contributed by atoms with Gasteiger partial charge in [0, 0.05) is 32.1 Å². The normalized spacial score (nSPS) is 11.1. The van der Waals surface area contributed by atoms with Gasteiger partial charge < -0.3 is 20.7 Å². The fourth-order valence-electron chi connectivity index (χ4n) is 4.80. The average molecular weight is 766 g/mol. The van der Waals surface area contributed by atoms with Gasteiger partial charge in [0.25, 0.3) is 11.8 Å². The molecule has 52 heavy (non-hydrogen) atoms. The second kappa shape index (κ2) is 17.7. The number of halogens is 2. The Balaban J connectivity index is 1.06. The molecule has 5 aromatic carbocycles. The Morgan fingerprint density at radius 3 is 2.23 bits per heavy atom. The monoisotopic (exact) mass is 764 g/mol. The molecule has 0 saturated heterocycles. The molecule has 6 rings (SSSR count). The van der Waals surface area contributed by atoms with E-state index in [2.05, 4.69) is 20.9 Å². The van der Waals surface area contributed by atoms with Crippen molar-refractivity contribution >= 4 is 80.9 Å². The van der Waals surface area contributed by atoms with Crippen LogP contribution in [0.5, 0.6) is 5.75 Å². The van der Waals surface area contributed by atoms with E-state index < -0.39 is 11.8 Å². The zero-order valence-electron chi connectivity index (χ0n) is 27.3. The number of carbonyl (C=O) groups excluding carboxylic acids is 3. The fourth-order valence-corrected chi connectivity index (χ4v) is 6.73. The Kier molecular flexibility index (Phi) is 12.4. The quantitative estimate of drug-likeness (QED) is 0.0798. The second-order valence-corrected chi connectivity index (χ2v) is 13.9. The molecule has 0 radical (unpaired) electrons. The molecule has 0 bridgehead atoms. The van der Waals surface area contributed by atoms with Crippen LogP contribution in [-0.2, 0) is 16.2 Å². The van der Waals surface area contributed by atoms with Gasteiger partial charge in [0.1, 0.15) is 18.1 Å². The maximum Gasteiger partial charge on any atom is 0.272 e. The molecule has 1 aromatic heterocycles. The van der Waals surface area contributed by atoms with Crippen LogP contribution in [0.2, 0.25) is 10.0 Å². The number of aromatic nitrogens is 1. The number of nitrogens with zero attached hydrogens (tertiary/aromatic N) is 1. The molecule has 0 fully saturated rings. The topological polar surface area (TPSA) is 109 Å². The number of rotatable bonds is 13. The fraction of sp³-hybridized carbons (Fsp3) is 0.0500. The average Bonchev–Trinajstić information content (AvgIpc) is 3.62. The van der Waals surface area contributed by atoms with Crippen LogP contribution in [0.1, 0.15) is 21.5 Å². The maximum atomic E-state index is 13.5. The van der Waals surface area contributed by atoms with Crippen LogP contribution in [-0.4, -0.2) is 28.5 Å². The Hall–Kier alpha value is -5.39. The lowest BCUT2D eigenvalue weighted by molar-refractivity contribution is -0.114. The first kappa shape index (κ1) is 36.4. The summed E-state index contributed by atoms with van der Waals surface area (Å²) in [4.78, 5) is 44.5. The summed E-state index contributed by atoms with van der Waals surface area (Å²) in [5.74, 6) is -0.317. The largest absolute Gasteiger partial charge is 0.489 e. The van der Waals surface area contributed by atoms with Crippen LogP contribution in [0.15, 0.2) is 143 Å². The molecular formula is C40H30Cl2N4O4S2. The highest BCUT2D eigenvalue weighted by Gasteiger charge is 2.16. The molecule has 3 N–H and O–H groups in total. The summed E-state index contributed by atoms with van der Waals surface area (Å²) in [7, 11) is 0. The van der Waals surface area contributed by atoms with Crippen LogP contribution in [0, 0.1) is 0 Å². The number of anilines is 2. The van der Waals surface area contributed by atoms with Crippen molar-refractivity contribution in [3.05, 3.63) is 165 Å². The van der Waals surface area contributed by atoms with E-state index in [1.165, 1.54) is 23.1 Å². The van der Waals surface area contributed by atoms with Crippen LogP contribution >= 0.6 is 46.3 Å². The first-order valence-electron chi connectivity index (χ1n) is 15.9. The Morgan fingerprint density at radius 2 is 1.52 bits per heavy atom. The van der Waals surface area contributed by atoms with Gasteiger partial charge in [-0.15, -0.1) is 23.1 Å². The number of carbonyl (C=O) groups is 3. The minimum Gasteiger partial charge on any atom is -0.489 e. The van der Waals surface area contributed by atoms with Gasteiger partial charge in [-0.25, -0.2) is 4.98 Å². The van der Waals surface area contributed by atoms with Crippen LogP contribution < -0.4 is 20.7 Å². The molecule has 12 heteroatoms. The smallest absolute Gasteiger partial charge is 0.272 e. The summed E-state index contributed by atoms with van der Waals surface area (Å²) in [6.45, 7) is 0.427. The van der Waals surface area contributed by atoms with E-state index in [-0.39, 0.29) is 17.4 Å². The Labute approximate surface area is 318 Å². The zero-order valence-corrected chi connectivity index (χ0v) is 30.5. The SMILES string of the molecule is O=C(CSc1ccc(NC(=O)/C(=C/c2ccc(OCc3ccccc3)cc2)NC(=O)c2ccccc2)cc1)Nc1nc(-c2ccc(Cl)cc2Cl)cs1. The summed E-state index contributed by atoms with van der Waals surface area (Å²) >= 11 is 14.9. The van der Waals surface area contributed by atoms with Crippen LogP contribution in [0.3, 0.4) is 0 Å². The summed E-state index contributed by atoms with van der Waals surface area (Å²) in [5, 5.41) is 11.7. The standard InChI is InChI=1S/C40H30Cl2N4O4S2/c41-29-13-20-33(34(42)22-29)36-24-52-40(45-36)46-37(47)25-51-32-18-14-30(15-19-32)43-39(49)35(44-38(48)28-9-5-2-6-10-28)21-26-11-16-31(17-12-26)50-23-27-7-3-1-4-8-27/h1-22,24H,23,25H2,(H,43,49)(H,44,48)(H,45,46,47)/b35-21-. The summed E-state index contributed by atoms with van der Waals surface area (Å²) < 4.78 is 5.89. The molecule has 1 heterocycles. The van der Waals surface area contributed by atoms with E-state index in [4.69, 9.17) is 27.9 Å². The molecule has 8 nitrogen and oxygen atoms in total. The van der Waals surface area contributed by atoms with Crippen molar-refractivity contribution in [2.45, 2.75) is 11.5 Å². The molecule has 0 unspecified atom stereocenters. The number of amides is 3. The first-order chi connectivity index (χ1) is 25.3. The molecule has 0 saturated carbocycles. The number of ether oxygens (including phenoxy) is 1. The number of benzene rings is 5. The van der Waals surface area contributed by atoms with Crippen molar-refractivity contribution in [3.8, 4) is 17.0 Å². The molecule has 0 aliphatic rings. The van der Waals surface area contributed by atoms with E-state index >= 15 is 0 Å². The summed E-state index contributed by atoms with van der Waals surface area (Å²) in [5.41, 5.74) is 4.10. The van der Waals surface area contributed by atoms with Crippen molar-refractivity contribution in [1.82, 2.24) is 10.3 Å². The lowest BCUT2D eigenvalue weighted by atomic mass is 10.1. The molecular weight excluding hydrogens is 736 g/mol. The molecule has 0 spiro atoms. The predicted octanol–water partition coefficient (Wildman–Crippen LogP) is 9.84. The third kappa shape index (κ3) is 10.3. The van der Waals surface area contributed by atoms with Crippen LogP contribution in [0.25, 0.3) is 17.3 Å². The Morgan fingerprint density at radius 1 is 0.808 bits per heavy atom. The Bertz CT molecular complexity index is 2200. The second-order valence-electron chi connectivity index (χ2n) is 11.2. The third-order valence-corrected chi connectivity index (χ3v) is 9.73. The van der Waals surface area contributed by atoms with Crippen molar-refractivity contribution in [2.24, 2.45) is 0 Å². The maximum absolute atomic E-state index is 13.5.